The van der Waals surface area contributed by atoms with E-state index in [-0.39, 0.29) is 11.7 Å². The highest BCUT2D eigenvalue weighted by Crippen LogP contribution is 2.27. The lowest BCUT2D eigenvalue weighted by Gasteiger charge is -2.20. The molecule has 0 aliphatic heterocycles. The quantitative estimate of drug-likeness (QED) is 0.714. The van der Waals surface area contributed by atoms with Crippen LogP contribution >= 0.6 is 27.7 Å². The highest BCUT2D eigenvalue weighted by molar-refractivity contribution is 9.10. The van der Waals surface area contributed by atoms with Crippen LogP contribution in [0.5, 0.6) is 0 Å². The lowest BCUT2D eigenvalue weighted by atomic mass is 9.87. The summed E-state index contributed by atoms with van der Waals surface area (Å²) in [6.07, 6.45) is 9.24. The SMILES string of the molecule is Cn1c(CC2CCCCC2)nnc1SCC(=O)Nc1ccc(Br)cn1. The highest BCUT2D eigenvalue weighted by Gasteiger charge is 2.18. The van der Waals surface area contributed by atoms with Crippen LogP contribution in [0.1, 0.15) is 37.9 Å². The molecule has 0 aromatic carbocycles. The summed E-state index contributed by atoms with van der Waals surface area (Å²) in [4.78, 5) is 16.2. The summed E-state index contributed by atoms with van der Waals surface area (Å²) in [5.74, 6) is 2.47. The third-order valence-electron chi connectivity index (χ3n) is 4.45. The van der Waals surface area contributed by atoms with Gasteiger partial charge < -0.3 is 9.88 Å². The third kappa shape index (κ3) is 5.28. The van der Waals surface area contributed by atoms with Crippen LogP contribution in [0.15, 0.2) is 28.0 Å². The fourth-order valence-corrected chi connectivity index (χ4v) is 4.02. The molecule has 1 N–H and O–H groups in total. The third-order valence-corrected chi connectivity index (χ3v) is 5.94. The standard InChI is InChI=1S/C17H22BrN5OS/c1-23-15(9-12-5-3-2-4-6-12)21-22-17(23)25-11-16(24)20-14-8-7-13(18)10-19-14/h7-8,10,12H,2-6,9,11H2,1H3,(H,19,20,24). The van der Waals surface area contributed by atoms with E-state index >= 15 is 0 Å². The molecule has 2 aromatic rings. The molecule has 1 saturated carbocycles. The van der Waals surface area contributed by atoms with Gasteiger partial charge in [-0.1, -0.05) is 43.9 Å². The summed E-state index contributed by atoms with van der Waals surface area (Å²) in [5, 5.41) is 12.1. The normalized spacial score (nSPS) is 15.3. The number of thioether (sulfide) groups is 1. The van der Waals surface area contributed by atoms with Crippen LogP contribution in [0.4, 0.5) is 5.82 Å². The van der Waals surface area contributed by atoms with Crippen molar-refractivity contribution in [1.82, 2.24) is 19.7 Å². The second-order valence-electron chi connectivity index (χ2n) is 6.36. The van der Waals surface area contributed by atoms with Crippen molar-refractivity contribution in [1.29, 1.82) is 0 Å². The van der Waals surface area contributed by atoms with Gasteiger partial charge in [-0.25, -0.2) is 4.98 Å². The number of hydrogen-bond donors (Lipinski definition) is 1. The Labute approximate surface area is 160 Å². The largest absolute Gasteiger partial charge is 0.310 e. The number of nitrogens with zero attached hydrogens (tertiary/aromatic N) is 4. The van der Waals surface area contributed by atoms with Crippen molar-refractivity contribution >= 4 is 39.4 Å². The summed E-state index contributed by atoms with van der Waals surface area (Å²) in [7, 11) is 1.98. The van der Waals surface area contributed by atoms with E-state index in [1.54, 1.807) is 12.3 Å². The van der Waals surface area contributed by atoms with E-state index in [4.69, 9.17) is 0 Å². The van der Waals surface area contributed by atoms with E-state index in [0.29, 0.717) is 5.82 Å². The van der Waals surface area contributed by atoms with Crippen LogP contribution in [0.2, 0.25) is 0 Å². The van der Waals surface area contributed by atoms with E-state index in [0.717, 1.165) is 27.8 Å². The van der Waals surface area contributed by atoms with Crippen molar-refractivity contribution in [3.63, 3.8) is 0 Å². The number of anilines is 1. The van der Waals surface area contributed by atoms with Gasteiger partial charge in [0.25, 0.3) is 0 Å². The molecule has 3 rings (SSSR count). The maximum atomic E-state index is 12.1. The fraction of sp³-hybridized carbons (Fsp3) is 0.529. The molecule has 0 radical (unpaired) electrons. The summed E-state index contributed by atoms with van der Waals surface area (Å²) in [6, 6.07) is 3.60. The van der Waals surface area contributed by atoms with Crippen molar-refractivity contribution in [3.8, 4) is 0 Å². The molecule has 1 aliphatic rings. The lowest BCUT2D eigenvalue weighted by molar-refractivity contribution is -0.113. The Morgan fingerprint density at radius 1 is 1.32 bits per heavy atom. The van der Waals surface area contributed by atoms with E-state index < -0.39 is 0 Å². The van der Waals surface area contributed by atoms with Gasteiger partial charge in [0.05, 0.1) is 5.75 Å². The van der Waals surface area contributed by atoms with Crippen LogP contribution in [0, 0.1) is 5.92 Å². The van der Waals surface area contributed by atoms with Crippen molar-refractivity contribution in [3.05, 3.63) is 28.6 Å². The Morgan fingerprint density at radius 2 is 2.12 bits per heavy atom. The Kier molecular flexibility index (Phi) is 6.47. The number of rotatable bonds is 6. The summed E-state index contributed by atoms with van der Waals surface area (Å²) >= 11 is 4.72. The second kappa shape index (κ2) is 8.80. The number of nitrogens with one attached hydrogen (secondary N) is 1. The first-order valence-electron chi connectivity index (χ1n) is 8.54. The topological polar surface area (TPSA) is 72.7 Å². The molecule has 1 fully saturated rings. The average molecular weight is 424 g/mol. The summed E-state index contributed by atoms with van der Waals surface area (Å²) < 4.78 is 2.90. The number of hydrogen-bond acceptors (Lipinski definition) is 5. The van der Waals surface area contributed by atoms with Gasteiger partial charge in [0.1, 0.15) is 11.6 Å². The molecule has 1 aliphatic carbocycles. The number of halogens is 1. The highest BCUT2D eigenvalue weighted by atomic mass is 79.9. The van der Waals surface area contributed by atoms with E-state index in [1.807, 2.05) is 17.7 Å². The Balaban J connectivity index is 1.50. The number of carbonyl (C=O) groups is 1. The van der Waals surface area contributed by atoms with Gasteiger partial charge in [-0.05, 0) is 34.0 Å². The molecule has 0 spiro atoms. The molecule has 0 bridgehead atoms. The lowest BCUT2D eigenvalue weighted by Crippen LogP contribution is -2.15. The van der Waals surface area contributed by atoms with Gasteiger partial charge in [-0.15, -0.1) is 10.2 Å². The molecule has 25 heavy (non-hydrogen) atoms. The first-order valence-corrected chi connectivity index (χ1v) is 10.3. The molecular weight excluding hydrogens is 402 g/mol. The fourth-order valence-electron chi connectivity index (χ4n) is 3.06. The Morgan fingerprint density at radius 3 is 2.84 bits per heavy atom. The smallest absolute Gasteiger partial charge is 0.236 e. The van der Waals surface area contributed by atoms with Gasteiger partial charge in [0, 0.05) is 24.1 Å². The molecule has 8 heteroatoms. The summed E-state index contributed by atoms with van der Waals surface area (Å²) in [5.41, 5.74) is 0. The minimum Gasteiger partial charge on any atom is -0.310 e. The van der Waals surface area contributed by atoms with Gasteiger partial charge in [-0.2, -0.15) is 0 Å². The van der Waals surface area contributed by atoms with Crippen LogP contribution in [-0.2, 0) is 18.3 Å². The molecule has 2 aromatic heterocycles. The Bertz CT molecular complexity index is 712. The van der Waals surface area contributed by atoms with Crippen molar-refractivity contribution < 1.29 is 4.79 Å². The predicted molar refractivity (Wildman–Crippen MR) is 103 cm³/mol. The number of aromatic nitrogens is 4. The summed E-state index contributed by atoms with van der Waals surface area (Å²) in [6.45, 7) is 0. The predicted octanol–water partition coefficient (Wildman–Crippen LogP) is 3.83. The second-order valence-corrected chi connectivity index (χ2v) is 8.22. The number of carbonyl (C=O) groups excluding carboxylic acids is 1. The van der Waals surface area contributed by atoms with Crippen molar-refractivity contribution in [2.75, 3.05) is 11.1 Å². The zero-order valence-electron chi connectivity index (χ0n) is 14.2. The number of amides is 1. The van der Waals surface area contributed by atoms with Gasteiger partial charge in [0.2, 0.25) is 5.91 Å². The van der Waals surface area contributed by atoms with Crippen molar-refractivity contribution in [2.24, 2.45) is 13.0 Å². The zero-order chi connectivity index (χ0) is 17.6. The number of pyridine rings is 1. The maximum absolute atomic E-state index is 12.1. The molecule has 0 unspecified atom stereocenters. The van der Waals surface area contributed by atoms with Crippen LogP contribution in [0.3, 0.4) is 0 Å². The molecule has 0 saturated heterocycles. The maximum Gasteiger partial charge on any atom is 0.236 e. The van der Waals surface area contributed by atoms with Crippen LogP contribution in [0.25, 0.3) is 0 Å². The van der Waals surface area contributed by atoms with Gasteiger partial charge in [-0.3, -0.25) is 4.79 Å². The molecule has 2 heterocycles. The zero-order valence-corrected chi connectivity index (χ0v) is 16.6. The van der Waals surface area contributed by atoms with Gasteiger partial charge >= 0.3 is 0 Å². The molecule has 134 valence electrons. The first-order chi connectivity index (χ1) is 12.1. The van der Waals surface area contributed by atoms with E-state index in [9.17, 15) is 4.79 Å². The van der Waals surface area contributed by atoms with Crippen LogP contribution in [-0.4, -0.2) is 31.4 Å². The first kappa shape index (κ1) is 18.4. The molecule has 1 amide bonds. The molecular formula is C17H22BrN5OS. The van der Waals surface area contributed by atoms with Crippen molar-refractivity contribution in [2.45, 2.75) is 43.7 Å². The minimum absolute atomic E-state index is 0.100. The average Bonchev–Trinajstić information content (AvgIpc) is 2.96. The Hall–Kier alpha value is -1.41. The monoisotopic (exact) mass is 423 g/mol. The van der Waals surface area contributed by atoms with E-state index in [1.165, 1.54) is 43.9 Å². The molecule has 6 nitrogen and oxygen atoms in total. The van der Waals surface area contributed by atoms with E-state index in [2.05, 4.69) is 36.4 Å². The minimum atomic E-state index is -0.100. The molecule has 0 atom stereocenters. The van der Waals surface area contributed by atoms with Gasteiger partial charge in [0.15, 0.2) is 5.16 Å². The van der Waals surface area contributed by atoms with Crippen LogP contribution < -0.4 is 5.32 Å².